The van der Waals surface area contributed by atoms with Gasteiger partial charge in [0.1, 0.15) is 0 Å². The van der Waals surface area contributed by atoms with Crippen LogP contribution in [-0.2, 0) is 17.6 Å². The van der Waals surface area contributed by atoms with Crippen molar-refractivity contribution >= 4 is 29.3 Å². The van der Waals surface area contributed by atoms with E-state index in [0.29, 0.717) is 17.7 Å². The number of aryl methyl sites for hydroxylation is 2. The lowest BCUT2D eigenvalue weighted by Crippen LogP contribution is -2.25. The molecule has 0 spiro atoms. The Morgan fingerprint density at radius 3 is 2.33 bits per heavy atom. The molecule has 3 aromatic rings. The highest BCUT2D eigenvalue weighted by Crippen LogP contribution is 2.32. The van der Waals surface area contributed by atoms with E-state index in [9.17, 15) is 20.1 Å². The second-order valence-electron chi connectivity index (χ2n) is 6.90. The summed E-state index contributed by atoms with van der Waals surface area (Å²) in [6.07, 6.45) is 1.46. The fraction of sp³-hybridized carbons (Fsp3) is 0.0870. The lowest BCUT2D eigenvalue weighted by Gasteiger charge is -2.19. The molecule has 0 aromatic heterocycles. The highest BCUT2D eigenvalue weighted by Gasteiger charge is 2.23. The number of aliphatic hydroxyl groups is 1. The van der Waals surface area contributed by atoms with Crippen molar-refractivity contribution in [1.29, 1.82) is 0 Å². The van der Waals surface area contributed by atoms with Gasteiger partial charge in [0.2, 0.25) is 0 Å². The number of nitrogens with one attached hydrogen (secondary N) is 2. The van der Waals surface area contributed by atoms with Crippen molar-refractivity contribution in [1.82, 2.24) is 4.72 Å². The molecule has 5 N–H and O–H groups in total. The first-order valence-corrected chi connectivity index (χ1v) is 10.2. The van der Waals surface area contributed by atoms with Crippen molar-refractivity contribution in [2.45, 2.75) is 17.7 Å². The molecule has 1 aliphatic heterocycles. The van der Waals surface area contributed by atoms with Gasteiger partial charge in [-0.05, 0) is 72.3 Å². The van der Waals surface area contributed by atoms with E-state index >= 15 is 0 Å². The molecule has 0 unspecified atom stereocenters. The monoisotopic (exact) mass is 420 g/mol. The van der Waals surface area contributed by atoms with Crippen LogP contribution >= 0.6 is 11.9 Å². The molecular formula is C23H20N2O4S. The summed E-state index contributed by atoms with van der Waals surface area (Å²) in [5.74, 6) is -0.744. The van der Waals surface area contributed by atoms with Crippen LogP contribution in [0.15, 0.2) is 77.3 Å². The van der Waals surface area contributed by atoms with Crippen LogP contribution in [0, 0.1) is 0 Å². The molecule has 1 amide bonds. The van der Waals surface area contributed by atoms with Crippen LogP contribution in [0.2, 0.25) is 0 Å². The van der Waals surface area contributed by atoms with Crippen molar-refractivity contribution < 1.29 is 20.1 Å². The first-order valence-electron chi connectivity index (χ1n) is 9.38. The Hall–Kier alpha value is -3.58. The Kier molecular flexibility index (Phi) is 5.54. The van der Waals surface area contributed by atoms with Gasteiger partial charge in [0.25, 0.3) is 5.91 Å². The quantitative estimate of drug-likeness (QED) is 0.311. The van der Waals surface area contributed by atoms with Gasteiger partial charge in [0.05, 0.1) is 0 Å². The molecule has 6 nitrogen and oxygen atoms in total. The maximum Gasteiger partial charge on any atom is 0.276 e. The molecule has 4 rings (SSSR count). The molecule has 1 aliphatic rings. The zero-order chi connectivity index (χ0) is 21.1. The van der Waals surface area contributed by atoms with Crippen molar-refractivity contribution in [3.63, 3.8) is 0 Å². The number of carbonyl (C=O) groups excluding carboxylic acids is 1. The highest BCUT2D eigenvalue weighted by atomic mass is 32.2. The van der Waals surface area contributed by atoms with E-state index in [1.165, 1.54) is 18.0 Å². The number of fused-ring (bicyclic) bond motifs is 1. The van der Waals surface area contributed by atoms with E-state index in [4.69, 9.17) is 0 Å². The number of phenolic OH excluding ortho intramolecular Hbond substituents is 2. The van der Waals surface area contributed by atoms with Crippen LogP contribution < -0.4 is 10.0 Å². The number of rotatable bonds is 5. The Bertz CT molecular complexity index is 1130. The van der Waals surface area contributed by atoms with Crippen LogP contribution in [0.25, 0.3) is 5.76 Å². The van der Waals surface area contributed by atoms with Crippen molar-refractivity contribution in [2.75, 3.05) is 5.32 Å². The predicted molar refractivity (Wildman–Crippen MR) is 117 cm³/mol. The summed E-state index contributed by atoms with van der Waals surface area (Å²) in [4.78, 5) is 13.5. The van der Waals surface area contributed by atoms with Crippen LogP contribution in [0.3, 0.4) is 0 Å². The minimum atomic E-state index is -0.415. The summed E-state index contributed by atoms with van der Waals surface area (Å²) >= 11 is 1.29. The first kappa shape index (κ1) is 19.7. The van der Waals surface area contributed by atoms with Crippen molar-refractivity contribution in [2.24, 2.45) is 0 Å². The maximum absolute atomic E-state index is 12.6. The molecule has 1 heterocycles. The van der Waals surface area contributed by atoms with Crippen LogP contribution in [0.5, 0.6) is 11.5 Å². The largest absolute Gasteiger partial charge is 0.505 e. The molecular weight excluding hydrogens is 400 g/mol. The average Bonchev–Trinajstić information content (AvgIpc) is 2.76. The summed E-state index contributed by atoms with van der Waals surface area (Å²) in [5.41, 5.74) is 3.36. The Morgan fingerprint density at radius 2 is 1.57 bits per heavy atom. The zero-order valence-corrected chi connectivity index (χ0v) is 16.7. The van der Waals surface area contributed by atoms with E-state index < -0.39 is 5.91 Å². The SMILES string of the molecule is O=C(Nc1ccc(CCc2ccc(O)c(O)c2)cc1)C1=C(O)c2ccccc2SN1. The van der Waals surface area contributed by atoms with Crippen LogP contribution in [0.4, 0.5) is 5.69 Å². The van der Waals surface area contributed by atoms with E-state index in [2.05, 4.69) is 10.0 Å². The van der Waals surface area contributed by atoms with E-state index in [0.717, 1.165) is 22.4 Å². The Balaban J connectivity index is 1.40. The van der Waals surface area contributed by atoms with Crippen LogP contribution in [-0.4, -0.2) is 21.2 Å². The van der Waals surface area contributed by atoms with Gasteiger partial charge in [-0.15, -0.1) is 0 Å². The number of aromatic hydroxyl groups is 2. The van der Waals surface area contributed by atoms with Gasteiger partial charge >= 0.3 is 0 Å². The number of hydrogen-bond acceptors (Lipinski definition) is 6. The number of benzene rings is 3. The van der Waals surface area contributed by atoms with E-state index in [1.807, 2.05) is 42.5 Å². The van der Waals surface area contributed by atoms with Gasteiger partial charge in [-0.1, -0.05) is 30.3 Å². The van der Waals surface area contributed by atoms with Gasteiger partial charge in [-0.3, -0.25) is 4.79 Å². The van der Waals surface area contributed by atoms with Gasteiger partial charge in [-0.2, -0.15) is 0 Å². The summed E-state index contributed by atoms with van der Waals surface area (Å²) in [5, 5.41) is 32.2. The number of phenols is 2. The van der Waals surface area contributed by atoms with Gasteiger partial charge in [0.15, 0.2) is 23.0 Å². The lowest BCUT2D eigenvalue weighted by atomic mass is 10.0. The molecule has 152 valence electrons. The molecule has 0 aliphatic carbocycles. The minimum absolute atomic E-state index is 0.0735. The van der Waals surface area contributed by atoms with Crippen LogP contribution in [0.1, 0.15) is 16.7 Å². The third-order valence-electron chi connectivity index (χ3n) is 4.82. The molecule has 0 radical (unpaired) electrons. The Morgan fingerprint density at radius 1 is 0.867 bits per heavy atom. The molecule has 0 saturated heterocycles. The summed E-state index contributed by atoms with van der Waals surface area (Å²) < 4.78 is 2.90. The fourth-order valence-electron chi connectivity index (χ4n) is 3.16. The number of amides is 1. The number of anilines is 1. The van der Waals surface area contributed by atoms with Gasteiger partial charge < -0.3 is 25.4 Å². The molecule has 0 atom stereocenters. The number of aliphatic hydroxyl groups excluding tert-OH is 1. The smallest absolute Gasteiger partial charge is 0.276 e. The normalized spacial score (nSPS) is 12.8. The second-order valence-corrected chi connectivity index (χ2v) is 7.75. The van der Waals surface area contributed by atoms with Crippen molar-refractivity contribution in [3.8, 4) is 11.5 Å². The first-order chi connectivity index (χ1) is 14.5. The standard InChI is InChI=1S/C23H20N2O4S/c26-18-12-9-15(13-19(18)27)6-5-14-7-10-16(11-8-14)24-23(29)21-22(28)17-3-1-2-4-20(17)30-25-21/h1-4,7-13,25-28H,5-6H2,(H,24,29). The third kappa shape index (κ3) is 4.21. The average molecular weight is 420 g/mol. The number of hydrogen-bond donors (Lipinski definition) is 5. The maximum atomic E-state index is 12.6. The van der Waals surface area contributed by atoms with Gasteiger partial charge in [0, 0.05) is 16.1 Å². The fourth-order valence-corrected chi connectivity index (χ4v) is 3.98. The molecule has 0 fully saturated rings. The highest BCUT2D eigenvalue weighted by molar-refractivity contribution is 7.97. The third-order valence-corrected chi connectivity index (χ3v) is 5.71. The van der Waals surface area contributed by atoms with E-state index in [-0.39, 0.29) is 23.0 Å². The molecule has 0 saturated carbocycles. The molecule has 30 heavy (non-hydrogen) atoms. The Labute approximate surface area is 178 Å². The summed E-state index contributed by atoms with van der Waals surface area (Å²) in [6, 6.07) is 19.6. The number of carbonyl (C=O) groups is 1. The van der Waals surface area contributed by atoms with E-state index in [1.54, 1.807) is 18.2 Å². The van der Waals surface area contributed by atoms with Crippen molar-refractivity contribution in [3.05, 3.63) is 89.1 Å². The molecule has 3 aromatic carbocycles. The minimum Gasteiger partial charge on any atom is -0.505 e. The second kappa shape index (κ2) is 8.42. The summed E-state index contributed by atoms with van der Waals surface area (Å²) in [6.45, 7) is 0. The summed E-state index contributed by atoms with van der Waals surface area (Å²) in [7, 11) is 0. The van der Waals surface area contributed by atoms with Gasteiger partial charge in [-0.25, -0.2) is 0 Å². The molecule has 7 heteroatoms. The zero-order valence-electron chi connectivity index (χ0n) is 15.9. The lowest BCUT2D eigenvalue weighted by molar-refractivity contribution is -0.113. The molecule has 0 bridgehead atoms. The predicted octanol–water partition coefficient (Wildman–Crippen LogP) is 4.36. The topological polar surface area (TPSA) is 102 Å².